The number of carboxylic acid groups (broad SMARTS) is 1. The lowest BCUT2D eigenvalue weighted by Crippen LogP contribution is -2.38. The van der Waals surface area contributed by atoms with Crippen molar-refractivity contribution >= 4 is 16.0 Å². The molecule has 0 aliphatic rings. The first-order valence-corrected chi connectivity index (χ1v) is 6.77. The van der Waals surface area contributed by atoms with Crippen molar-refractivity contribution in [1.29, 1.82) is 0 Å². The van der Waals surface area contributed by atoms with Crippen molar-refractivity contribution in [1.82, 2.24) is 4.72 Å². The molecule has 0 amide bonds. The SMILES string of the molecule is COc1ccc(S(=O)(=O)N[C@@H](C)C(=O)O)c(C)c1F. The Hall–Kier alpha value is -1.67. The molecule has 1 aromatic carbocycles. The number of hydrogen-bond donors (Lipinski definition) is 2. The van der Waals surface area contributed by atoms with Gasteiger partial charge in [0.1, 0.15) is 6.04 Å². The third-order valence-corrected chi connectivity index (χ3v) is 4.20. The molecule has 1 rings (SSSR count). The molecular formula is C11H14FNO5S. The van der Waals surface area contributed by atoms with E-state index < -0.39 is 27.9 Å². The van der Waals surface area contributed by atoms with E-state index in [0.717, 1.165) is 6.07 Å². The number of sulfonamides is 1. The van der Waals surface area contributed by atoms with Crippen LogP contribution >= 0.6 is 0 Å². The van der Waals surface area contributed by atoms with E-state index in [-0.39, 0.29) is 16.2 Å². The van der Waals surface area contributed by atoms with Gasteiger partial charge in [0, 0.05) is 5.56 Å². The average Bonchev–Trinajstić information content (AvgIpc) is 2.31. The second-order valence-electron chi connectivity index (χ2n) is 3.89. The molecule has 0 radical (unpaired) electrons. The van der Waals surface area contributed by atoms with Crippen molar-refractivity contribution in [3.8, 4) is 5.75 Å². The molecule has 0 aromatic heterocycles. The molecule has 0 unspecified atom stereocenters. The maximum atomic E-state index is 13.8. The van der Waals surface area contributed by atoms with E-state index in [1.807, 2.05) is 4.72 Å². The Kier molecular flexibility index (Phi) is 4.48. The molecule has 0 bridgehead atoms. The molecule has 2 N–H and O–H groups in total. The van der Waals surface area contributed by atoms with E-state index in [9.17, 15) is 17.6 Å². The summed E-state index contributed by atoms with van der Waals surface area (Å²) in [4.78, 5) is 10.3. The van der Waals surface area contributed by atoms with Crippen LogP contribution in [0.1, 0.15) is 12.5 Å². The molecular weight excluding hydrogens is 277 g/mol. The van der Waals surface area contributed by atoms with Gasteiger partial charge in [-0.1, -0.05) is 0 Å². The van der Waals surface area contributed by atoms with Crippen LogP contribution in [0.4, 0.5) is 4.39 Å². The van der Waals surface area contributed by atoms with Crippen LogP contribution in [0.2, 0.25) is 0 Å². The van der Waals surface area contributed by atoms with Crippen LogP contribution in [-0.2, 0) is 14.8 Å². The summed E-state index contributed by atoms with van der Waals surface area (Å²) in [5.74, 6) is -2.20. The minimum Gasteiger partial charge on any atom is -0.494 e. The normalized spacial score (nSPS) is 13.1. The summed E-state index contributed by atoms with van der Waals surface area (Å²) >= 11 is 0. The molecule has 8 heteroatoms. The van der Waals surface area contributed by atoms with Crippen LogP contribution in [-0.4, -0.2) is 32.6 Å². The average molecular weight is 291 g/mol. The van der Waals surface area contributed by atoms with Crippen molar-refractivity contribution in [3.63, 3.8) is 0 Å². The highest BCUT2D eigenvalue weighted by Crippen LogP contribution is 2.25. The van der Waals surface area contributed by atoms with E-state index >= 15 is 0 Å². The highest BCUT2D eigenvalue weighted by Gasteiger charge is 2.25. The Morgan fingerprint density at radius 2 is 2.05 bits per heavy atom. The maximum Gasteiger partial charge on any atom is 0.321 e. The summed E-state index contributed by atoms with van der Waals surface area (Å²) in [6.45, 7) is 2.45. The smallest absolute Gasteiger partial charge is 0.321 e. The van der Waals surface area contributed by atoms with Crippen LogP contribution in [0.5, 0.6) is 5.75 Å². The number of carbonyl (C=O) groups is 1. The van der Waals surface area contributed by atoms with Crippen LogP contribution in [0.15, 0.2) is 17.0 Å². The maximum absolute atomic E-state index is 13.8. The molecule has 0 aliphatic heterocycles. The van der Waals surface area contributed by atoms with Gasteiger partial charge in [-0.3, -0.25) is 4.79 Å². The molecule has 0 saturated carbocycles. The van der Waals surface area contributed by atoms with Gasteiger partial charge in [-0.05, 0) is 26.0 Å². The third-order valence-electron chi connectivity index (χ3n) is 2.51. The van der Waals surface area contributed by atoms with Gasteiger partial charge >= 0.3 is 5.97 Å². The van der Waals surface area contributed by atoms with Gasteiger partial charge in [-0.25, -0.2) is 12.8 Å². The van der Waals surface area contributed by atoms with E-state index in [4.69, 9.17) is 9.84 Å². The number of methoxy groups -OCH3 is 1. The lowest BCUT2D eigenvalue weighted by molar-refractivity contribution is -0.138. The Labute approximate surface area is 110 Å². The van der Waals surface area contributed by atoms with Crippen LogP contribution in [0.3, 0.4) is 0 Å². The monoisotopic (exact) mass is 291 g/mol. The lowest BCUT2D eigenvalue weighted by atomic mass is 10.2. The number of aliphatic carboxylic acids is 1. The standard InChI is InChI=1S/C11H14FNO5S/c1-6-9(5-4-8(18-3)10(6)12)19(16,17)13-7(2)11(14)15/h4-5,7,13H,1-3H3,(H,14,15)/t7-/m0/s1. The van der Waals surface area contributed by atoms with E-state index in [2.05, 4.69) is 0 Å². The second-order valence-corrected chi connectivity index (χ2v) is 5.57. The molecule has 0 aliphatic carbocycles. The van der Waals surface area contributed by atoms with E-state index in [0.29, 0.717) is 0 Å². The molecule has 1 aromatic rings. The summed E-state index contributed by atoms with van der Waals surface area (Å²) in [5.41, 5.74) is -0.135. The predicted molar refractivity (Wildman–Crippen MR) is 65.1 cm³/mol. The topological polar surface area (TPSA) is 92.7 Å². The van der Waals surface area contributed by atoms with Crippen molar-refractivity contribution in [3.05, 3.63) is 23.5 Å². The molecule has 0 heterocycles. The highest BCUT2D eigenvalue weighted by molar-refractivity contribution is 7.89. The first-order chi connectivity index (χ1) is 8.70. The number of hydrogen-bond acceptors (Lipinski definition) is 4. The largest absolute Gasteiger partial charge is 0.494 e. The summed E-state index contributed by atoms with van der Waals surface area (Å²) in [6.07, 6.45) is 0. The minimum absolute atomic E-state index is 0.0808. The van der Waals surface area contributed by atoms with Gasteiger partial charge in [0.25, 0.3) is 0 Å². The summed E-state index contributed by atoms with van der Waals surface area (Å²) in [7, 11) is -2.85. The molecule has 0 spiro atoms. The van der Waals surface area contributed by atoms with Gasteiger partial charge in [-0.2, -0.15) is 4.72 Å². The van der Waals surface area contributed by atoms with Gasteiger partial charge in [0.15, 0.2) is 11.6 Å². The Bertz CT molecular complexity index is 599. The third kappa shape index (κ3) is 3.21. The van der Waals surface area contributed by atoms with Crippen LogP contribution in [0.25, 0.3) is 0 Å². The summed E-state index contributed by atoms with van der Waals surface area (Å²) < 4.78 is 44.3. The first-order valence-electron chi connectivity index (χ1n) is 5.29. The minimum atomic E-state index is -4.11. The molecule has 1 atom stereocenters. The molecule has 0 saturated heterocycles. The van der Waals surface area contributed by atoms with E-state index in [1.54, 1.807) is 0 Å². The summed E-state index contributed by atoms with van der Waals surface area (Å²) in [5, 5.41) is 8.68. The lowest BCUT2D eigenvalue weighted by Gasteiger charge is -2.13. The number of ether oxygens (including phenoxy) is 1. The van der Waals surface area contributed by atoms with Crippen molar-refractivity contribution in [2.45, 2.75) is 24.8 Å². The fourth-order valence-corrected chi connectivity index (χ4v) is 2.87. The van der Waals surface area contributed by atoms with Crippen molar-refractivity contribution in [2.75, 3.05) is 7.11 Å². The van der Waals surface area contributed by atoms with Crippen molar-refractivity contribution < 1.29 is 27.4 Å². The Morgan fingerprint density at radius 3 is 2.53 bits per heavy atom. The molecule has 19 heavy (non-hydrogen) atoms. The van der Waals surface area contributed by atoms with Gasteiger partial charge in [-0.15, -0.1) is 0 Å². The number of halogens is 1. The molecule has 106 valence electrons. The zero-order chi connectivity index (χ0) is 14.8. The van der Waals surface area contributed by atoms with E-state index in [1.165, 1.54) is 27.0 Å². The molecule has 6 nitrogen and oxygen atoms in total. The van der Waals surface area contributed by atoms with Crippen LogP contribution in [0, 0.1) is 12.7 Å². The molecule has 0 fully saturated rings. The zero-order valence-electron chi connectivity index (χ0n) is 10.6. The second kappa shape index (κ2) is 5.54. The number of nitrogens with one attached hydrogen (secondary N) is 1. The number of rotatable bonds is 5. The van der Waals surface area contributed by atoms with Gasteiger partial charge < -0.3 is 9.84 Å². The van der Waals surface area contributed by atoms with Gasteiger partial charge in [0.2, 0.25) is 10.0 Å². The van der Waals surface area contributed by atoms with Crippen LogP contribution < -0.4 is 9.46 Å². The fourth-order valence-electron chi connectivity index (χ4n) is 1.44. The predicted octanol–water partition coefficient (Wildman–Crippen LogP) is 0.894. The summed E-state index contributed by atoms with van der Waals surface area (Å²) in [6, 6.07) is 1.02. The van der Waals surface area contributed by atoms with Crippen molar-refractivity contribution in [2.24, 2.45) is 0 Å². The van der Waals surface area contributed by atoms with Gasteiger partial charge in [0.05, 0.1) is 12.0 Å². The quantitative estimate of drug-likeness (QED) is 0.840. The Balaban J connectivity index is 3.23. The first kappa shape index (κ1) is 15.4. The number of benzene rings is 1. The Morgan fingerprint density at radius 1 is 1.47 bits per heavy atom. The number of carboxylic acids is 1. The zero-order valence-corrected chi connectivity index (χ0v) is 11.4. The highest BCUT2D eigenvalue weighted by atomic mass is 32.2. The fraction of sp³-hybridized carbons (Fsp3) is 0.364.